The van der Waals surface area contributed by atoms with Gasteiger partial charge in [-0.25, -0.2) is 9.59 Å². The fraction of sp³-hybridized carbons (Fsp3) is 0.400. The van der Waals surface area contributed by atoms with Crippen molar-refractivity contribution in [1.29, 1.82) is 0 Å². The first-order valence-corrected chi connectivity index (χ1v) is 11.8. The molecule has 39 heavy (non-hydrogen) atoms. The summed E-state index contributed by atoms with van der Waals surface area (Å²) in [6, 6.07) is 0. The van der Waals surface area contributed by atoms with Gasteiger partial charge in [0.25, 0.3) is 11.1 Å². The summed E-state index contributed by atoms with van der Waals surface area (Å²) in [5.41, 5.74) is 25.6. The summed E-state index contributed by atoms with van der Waals surface area (Å²) < 4.78 is 2.84. The summed E-state index contributed by atoms with van der Waals surface area (Å²) in [5, 5.41) is -0.196. The van der Waals surface area contributed by atoms with E-state index in [1.807, 2.05) is 4.90 Å². The Balaban J connectivity index is 1.67. The maximum absolute atomic E-state index is 12.9. The van der Waals surface area contributed by atoms with E-state index in [0.717, 1.165) is 6.42 Å². The number of hydrogen-bond donors (Lipinski definition) is 7. The Morgan fingerprint density at radius 2 is 1.31 bits per heavy atom. The molecular weight excluding hydrogens is 514 g/mol. The number of H-pyrrole nitrogens is 1. The molecule has 0 saturated carbocycles. The normalized spacial score (nSPS) is 11.6. The third-order valence-corrected chi connectivity index (χ3v) is 6.15. The lowest BCUT2D eigenvalue weighted by molar-refractivity contribution is 0.247. The van der Waals surface area contributed by atoms with Gasteiger partial charge in [-0.3, -0.25) is 28.6 Å². The van der Waals surface area contributed by atoms with E-state index >= 15 is 0 Å². The van der Waals surface area contributed by atoms with Gasteiger partial charge in [-0.2, -0.15) is 24.6 Å². The summed E-state index contributed by atoms with van der Waals surface area (Å²) in [4.78, 5) is 70.2. The molecular formula is C20H29N15O4. The quantitative estimate of drug-likeness (QED) is 0.0732. The van der Waals surface area contributed by atoms with Crippen LogP contribution in [0.25, 0.3) is 22.1 Å². The smallest absolute Gasteiger partial charge is 0.351 e. The van der Waals surface area contributed by atoms with Gasteiger partial charge >= 0.3 is 11.4 Å². The number of rotatable bonds is 10. The predicted molar refractivity (Wildman–Crippen MR) is 145 cm³/mol. The van der Waals surface area contributed by atoms with Crippen molar-refractivity contribution >= 4 is 45.6 Å². The van der Waals surface area contributed by atoms with E-state index in [0.29, 0.717) is 24.2 Å². The van der Waals surface area contributed by atoms with Crippen molar-refractivity contribution in [3.05, 3.63) is 41.7 Å². The molecule has 4 aromatic rings. The predicted octanol–water partition coefficient (Wildman–Crippen LogP) is -4.47. The van der Waals surface area contributed by atoms with Crippen LogP contribution in [0.5, 0.6) is 0 Å². The molecule has 0 radical (unpaired) electrons. The van der Waals surface area contributed by atoms with Crippen molar-refractivity contribution in [2.45, 2.75) is 25.9 Å². The molecule has 0 aliphatic heterocycles. The number of fused-ring (bicyclic) bond motifs is 2. The average molecular weight is 544 g/mol. The number of anilines is 4. The summed E-state index contributed by atoms with van der Waals surface area (Å²) in [5.74, 6) is 4.93. The van der Waals surface area contributed by atoms with Crippen molar-refractivity contribution in [2.24, 2.45) is 5.73 Å². The molecule has 0 aromatic carbocycles. The largest absolute Gasteiger partial charge is 0.383 e. The molecule has 0 aliphatic carbocycles. The van der Waals surface area contributed by atoms with Gasteiger partial charge in [0.2, 0.25) is 11.9 Å². The van der Waals surface area contributed by atoms with Crippen LogP contribution in [0.3, 0.4) is 0 Å². The Hall–Kier alpha value is -5.04. The maximum atomic E-state index is 12.9. The fourth-order valence-electron chi connectivity index (χ4n) is 4.24. The lowest BCUT2D eigenvalue weighted by atomic mass is 10.3. The van der Waals surface area contributed by atoms with Crippen LogP contribution in [0.2, 0.25) is 0 Å². The van der Waals surface area contributed by atoms with E-state index in [-0.39, 0.29) is 71.8 Å². The fourth-order valence-corrected chi connectivity index (χ4v) is 4.24. The van der Waals surface area contributed by atoms with Gasteiger partial charge in [0.05, 0.1) is 0 Å². The van der Waals surface area contributed by atoms with E-state index in [9.17, 15) is 19.2 Å². The first-order chi connectivity index (χ1) is 18.5. The van der Waals surface area contributed by atoms with Gasteiger partial charge in [0, 0.05) is 26.2 Å². The molecule has 13 N–H and O–H groups in total. The third kappa shape index (κ3) is 5.20. The number of nitrogen functional groups attached to an aromatic ring is 5. The SMILES string of the molecule is NCCCCN(CCn1c(=O)[nH]c(=O)c2c(N)nc(N)nc21)CCn1c(=O)n(N)c(=O)c2c(N)nc(N)nc21. The van der Waals surface area contributed by atoms with Crippen LogP contribution >= 0.6 is 0 Å². The Kier molecular flexibility index (Phi) is 7.44. The highest BCUT2D eigenvalue weighted by Crippen LogP contribution is 2.14. The number of nitrogens with one attached hydrogen (secondary N) is 1. The molecule has 0 bridgehead atoms. The molecule has 208 valence electrons. The molecule has 19 nitrogen and oxygen atoms in total. The van der Waals surface area contributed by atoms with Crippen LogP contribution in [-0.2, 0) is 13.1 Å². The minimum atomic E-state index is -0.853. The van der Waals surface area contributed by atoms with E-state index in [1.54, 1.807) is 0 Å². The van der Waals surface area contributed by atoms with Crippen molar-refractivity contribution in [3.63, 3.8) is 0 Å². The number of aromatic amines is 1. The van der Waals surface area contributed by atoms with Gasteiger partial charge in [-0.1, -0.05) is 0 Å². The van der Waals surface area contributed by atoms with Crippen LogP contribution in [0.4, 0.5) is 23.5 Å². The summed E-state index contributed by atoms with van der Waals surface area (Å²) in [7, 11) is 0. The van der Waals surface area contributed by atoms with Crippen LogP contribution in [0, 0.1) is 0 Å². The lowest BCUT2D eigenvalue weighted by Gasteiger charge is -2.24. The Bertz CT molecular complexity index is 1790. The maximum Gasteiger partial charge on any atom is 0.351 e. The van der Waals surface area contributed by atoms with E-state index < -0.39 is 22.5 Å². The molecule has 19 heteroatoms. The Morgan fingerprint density at radius 1 is 0.744 bits per heavy atom. The summed E-state index contributed by atoms with van der Waals surface area (Å²) >= 11 is 0. The van der Waals surface area contributed by atoms with Crippen LogP contribution in [0.15, 0.2) is 19.2 Å². The standard InChI is InChI=1S/C20H29N15O4/c21-3-1-2-4-32(5-7-33-13-9(15(36)31-19(33)38)11(22)27-17(24)29-13)6-8-34-14-10(12(23)28-18(25)30-14)16(37)35(26)20(34)39/h1-8,21,26H2,(H,31,36,38)(H4,22,24,27,29)(H4,23,25,28,30). The topological polar surface area (TPSA) is 310 Å². The number of unbranched alkanes of at least 4 members (excludes halogenated alkanes) is 1. The third-order valence-electron chi connectivity index (χ3n) is 6.15. The lowest BCUT2D eigenvalue weighted by Crippen LogP contribution is -2.46. The monoisotopic (exact) mass is 543 g/mol. The van der Waals surface area contributed by atoms with Crippen molar-refractivity contribution in [3.8, 4) is 0 Å². The van der Waals surface area contributed by atoms with Gasteiger partial charge in [-0.15, -0.1) is 0 Å². The molecule has 4 aromatic heterocycles. The second kappa shape index (κ2) is 10.8. The number of nitrogens with zero attached hydrogens (tertiary/aromatic N) is 8. The van der Waals surface area contributed by atoms with E-state index in [2.05, 4.69) is 24.9 Å². The minimum Gasteiger partial charge on any atom is -0.383 e. The summed E-state index contributed by atoms with van der Waals surface area (Å²) in [6.07, 6.45) is 1.45. The number of aromatic nitrogens is 8. The first-order valence-electron chi connectivity index (χ1n) is 11.8. The Morgan fingerprint density at radius 3 is 1.92 bits per heavy atom. The minimum absolute atomic E-state index is 0.00395. The van der Waals surface area contributed by atoms with E-state index in [4.69, 9.17) is 34.5 Å². The zero-order valence-corrected chi connectivity index (χ0v) is 20.8. The highest BCUT2D eigenvalue weighted by Gasteiger charge is 2.19. The van der Waals surface area contributed by atoms with Gasteiger partial charge < -0.3 is 34.5 Å². The summed E-state index contributed by atoms with van der Waals surface area (Å²) in [6.45, 7) is 1.68. The van der Waals surface area contributed by atoms with Crippen molar-refractivity contribution in [1.82, 2.24) is 43.6 Å². The molecule has 0 amide bonds. The van der Waals surface area contributed by atoms with Crippen molar-refractivity contribution < 1.29 is 0 Å². The molecule has 0 aliphatic rings. The molecule has 4 rings (SSSR count). The van der Waals surface area contributed by atoms with Gasteiger partial charge in [0.15, 0.2) is 11.3 Å². The van der Waals surface area contributed by atoms with Gasteiger partial charge in [0.1, 0.15) is 22.4 Å². The van der Waals surface area contributed by atoms with E-state index in [1.165, 1.54) is 9.13 Å². The highest BCUT2D eigenvalue weighted by atomic mass is 16.2. The molecule has 0 fully saturated rings. The molecule has 0 atom stereocenters. The molecule has 0 saturated heterocycles. The molecule has 0 spiro atoms. The van der Waals surface area contributed by atoms with Gasteiger partial charge in [-0.05, 0) is 25.9 Å². The second-order valence-corrected chi connectivity index (χ2v) is 8.69. The molecule has 0 unspecified atom stereocenters. The average Bonchev–Trinajstić information content (AvgIpc) is 2.85. The highest BCUT2D eigenvalue weighted by molar-refractivity contribution is 5.86. The Labute approximate surface area is 218 Å². The zero-order valence-electron chi connectivity index (χ0n) is 20.8. The number of nitrogens with two attached hydrogens (primary N) is 6. The van der Waals surface area contributed by atoms with Crippen LogP contribution in [-0.4, -0.2) is 69.8 Å². The molecule has 4 heterocycles. The van der Waals surface area contributed by atoms with Crippen LogP contribution in [0.1, 0.15) is 12.8 Å². The number of hydrogen-bond acceptors (Lipinski definition) is 15. The zero-order chi connectivity index (χ0) is 28.4. The van der Waals surface area contributed by atoms with Crippen LogP contribution < -0.4 is 57.0 Å². The van der Waals surface area contributed by atoms with Crippen molar-refractivity contribution in [2.75, 3.05) is 55.0 Å². The first kappa shape index (κ1) is 27.0. The second-order valence-electron chi connectivity index (χ2n) is 8.69.